The summed E-state index contributed by atoms with van der Waals surface area (Å²) in [4.78, 5) is 20.8. The number of hydrogen-bond acceptors (Lipinski definition) is 4. The van der Waals surface area contributed by atoms with Gasteiger partial charge in [0.1, 0.15) is 17.3 Å². The predicted molar refractivity (Wildman–Crippen MR) is 147 cm³/mol. The number of nitrogens with zero attached hydrogens (tertiary/aromatic N) is 2. The van der Waals surface area contributed by atoms with Crippen LogP contribution in [0, 0.1) is 11.7 Å². The Morgan fingerprint density at radius 3 is 2.50 bits per heavy atom. The number of aliphatic imine (C=N–C) groups is 1. The molecule has 36 heavy (non-hydrogen) atoms. The van der Waals surface area contributed by atoms with Crippen LogP contribution in [0.1, 0.15) is 51.5 Å². The predicted octanol–water partition coefficient (Wildman–Crippen LogP) is 7.95. The highest BCUT2D eigenvalue weighted by Crippen LogP contribution is 2.40. The van der Waals surface area contributed by atoms with E-state index in [0.29, 0.717) is 22.6 Å². The van der Waals surface area contributed by atoms with E-state index in [2.05, 4.69) is 31.0 Å². The number of fused-ring (bicyclic) bond motifs is 1. The second-order valence-corrected chi connectivity index (χ2v) is 10.8. The summed E-state index contributed by atoms with van der Waals surface area (Å²) in [6.45, 7) is 4.90. The van der Waals surface area contributed by atoms with E-state index in [1.807, 2.05) is 35.2 Å². The first-order chi connectivity index (χ1) is 17.5. The van der Waals surface area contributed by atoms with Crippen LogP contribution >= 0.6 is 11.8 Å². The van der Waals surface area contributed by atoms with Crippen molar-refractivity contribution in [1.29, 1.82) is 0 Å². The summed E-state index contributed by atoms with van der Waals surface area (Å²) < 4.78 is 20.5. The number of rotatable bonds is 6. The molecule has 6 heteroatoms. The van der Waals surface area contributed by atoms with Crippen molar-refractivity contribution < 1.29 is 13.9 Å². The van der Waals surface area contributed by atoms with Crippen LogP contribution in [-0.4, -0.2) is 28.6 Å². The summed E-state index contributed by atoms with van der Waals surface area (Å²) >= 11 is 1.34. The van der Waals surface area contributed by atoms with Crippen molar-refractivity contribution in [2.24, 2.45) is 10.9 Å². The minimum atomic E-state index is -0.387. The zero-order valence-electron chi connectivity index (χ0n) is 20.7. The van der Waals surface area contributed by atoms with Crippen molar-refractivity contribution in [3.63, 3.8) is 0 Å². The second kappa shape index (κ2) is 10.9. The van der Waals surface area contributed by atoms with Crippen LogP contribution in [0.3, 0.4) is 0 Å². The smallest absolute Gasteiger partial charge is 0.267 e. The van der Waals surface area contributed by atoms with Gasteiger partial charge in [0.2, 0.25) is 0 Å². The van der Waals surface area contributed by atoms with Crippen molar-refractivity contribution in [3.8, 4) is 5.75 Å². The quantitative estimate of drug-likeness (QED) is 0.321. The minimum absolute atomic E-state index is 0.0498. The first-order valence-corrected chi connectivity index (χ1v) is 13.5. The lowest BCUT2D eigenvalue weighted by Gasteiger charge is -2.30. The number of para-hydroxylation sites is 1. The van der Waals surface area contributed by atoms with E-state index < -0.39 is 0 Å². The molecule has 1 heterocycles. The van der Waals surface area contributed by atoms with E-state index in [-0.39, 0.29) is 23.5 Å². The molecule has 0 atom stereocenters. The van der Waals surface area contributed by atoms with Gasteiger partial charge in [-0.3, -0.25) is 9.69 Å². The Hall–Kier alpha value is -3.12. The number of thioether (sulfide) groups is 1. The molecule has 0 spiro atoms. The maximum atomic E-state index is 14.4. The average molecular weight is 503 g/mol. The summed E-state index contributed by atoms with van der Waals surface area (Å²) in [5.41, 5.74) is 1.21. The highest BCUT2D eigenvalue weighted by atomic mass is 32.2. The molecule has 1 aliphatic carbocycles. The Bertz CT molecular complexity index is 1330. The number of halogens is 1. The molecule has 0 N–H and O–H groups in total. The molecule has 5 rings (SSSR count). The van der Waals surface area contributed by atoms with Crippen LogP contribution in [0.4, 0.5) is 10.1 Å². The SMILES string of the molecule is CC(C)COc1ccc(/C=C2\SC(=Nc3ccccc3F)N(C3CCCCC3)C2=O)c2ccccc12. The zero-order chi connectivity index (χ0) is 25.1. The molecule has 2 aliphatic rings. The molecule has 0 aromatic heterocycles. The Kier molecular flexibility index (Phi) is 7.42. The van der Waals surface area contributed by atoms with Gasteiger partial charge in [-0.15, -0.1) is 0 Å². The number of ether oxygens (including phenoxy) is 1. The fourth-order valence-electron chi connectivity index (χ4n) is 4.82. The summed E-state index contributed by atoms with van der Waals surface area (Å²) in [5.74, 6) is 0.835. The van der Waals surface area contributed by atoms with Crippen molar-refractivity contribution in [3.05, 3.63) is 76.9 Å². The number of amidine groups is 1. The molecular formula is C30H31FN2O2S. The highest BCUT2D eigenvalue weighted by Gasteiger charge is 2.38. The Morgan fingerprint density at radius 2 is 1.75 bits per heavy atom. The van der Waals surface area contributed by atoms with Gasteiger partial charge in [0, 0.05) is 11.4 Å². The van der Waals surface area contributed by atoms with Crippen LogP contribution in [0.15, 0.2) is 70.6 Å². The highest BCUT2D eigenvalue weighted by molar-refractivity contribution is 8.18. The maximum Gasteiger partial charge on any atom is 0.267 e. The van der Waals surface area contributed by atoms with Gasteiger partial charge >= 0.3 is 0 Å². The van der Waals surface area contributed by atoms with E-state index in [0.717, 1.165) is 47.8 Å². The standard InChI is InChI=1S/C30H31FN2O2S/c1-20(2)19-35-27-17-16-21(23-12-6-7-13-24(23)27)18-28-29(34)33(22-10-4-3-5-11-22)30(36-28)32-26-15-9-8-14-25(26)31/h6-9,12-18,20,22H,3-5,10-11,19H2,1-2H3/b28-18-,32-30?. The summed E-state index contributed by atoms with van der Waals surface area (Å²) in [6.07, 6.45) is 7.20. The first kappa shape index (κ1) is 24.6. The molecule has 186 valence electrons. The van der Waals surface area contributed by atoms with Gasteiger partial charge in [-0.2, -0.15) is 0 Å². The zero-order valence-corrected chi connectivity index (χ0v) is 21.6. The molecule has 1 aliphatic heterocycles. The first-order valence-electron chi connectivity index (χ1n) is 12.7. The van der Waals surface area contributed by atoms with Crippen LogP contribution in [0.25, 0.3) is 16.8 Å². The summed E-state index contributed by atoms with van der Waals surface area (Å²) in [7, 11) is 0. The number of benzene rings is 3. The van der Waals surface area contributed by atoms with Gasteiger partial charge in [-0.25, -0.2) is 9.38 Å². The molecule has 0 radical (unpaired) electrons. The fourth-order valence-corrected chi connectivity index (χ4v) is 5.86. The van der Waals surface area contributed by atoms with E-state index in [1.165, 1.54) is 24.2 Å². The normalized spacial score (nSPS) is 19.2. The Balaban J connectivity index is 1.54. The van der Waals surface area contributed by atoms with E-state index in [4.69, 9.17) is 4.74 Å². The third kappa shape index (κ3) is 5.19. The summed E-state index contributed by atoms with van der Waals surface area (Å²) in [5, 5.41) is 2.61. The van der Waals surface area contributed by atoms with E-state index >= 15 is 0 Å². The van der Waals surface area contributed by atoms with Crippen LogP contribution < -0.4 is 4.74 Å². The largest absolute Gasteiger partial charge is 0.493 e. The molecule has 1 amide bonds. The fraction of sp³-hybridized carbons (Fsp3) is 0.333. The molecule has 2 fully saturated rings. The molecule has 3 aromatic rings. The molecule has 4 nitrogen and oxygen atoms in total. The minimum Gasteiger partial charge on any atom is -0.493 e. The molecule has 0 unspecified atom stereocenters. The van der Waals surface area contributed by atoms with E-state index in [9.17, 15) is 9.18 Å². The van der Waals surface area contributed by atoms with Crippen molar-refractivity contribution in [2.45, 2.75) is 52.0 Å². The number of hydrogen-bond donors (Lipinski definition) is 0. The molecule has 3 aromatic carbocycles. The number of carbonyl (C=O) groups is 1. The van der Waals surface area contributed by atoms with Crippen molar-refractivity contribution in [1.82, 2.24) is 4.90 Å². The number of amides is 1. The van der Waals surface area contributed by atoms with Crippen molar-refractivity contribution in [2.75, 3.05) is 6.61 Å². The third-order valence-corrected chi connectivity index (χ3v) is 7.60. The van der Waals surface area contributed by atoms with E-state index in [1.54, 1.807) is 18.2 Å². The number of carbonyl (C=O) groups excluding carboxylic acids is 1. The van der Waals surface area contributed by atoms with Gasteiger partial charge < -0.3 is 4.74 Å². The van der Waals surface area contributed by atoms with Gasteiger partial charge in [0.05, 0.1) is 11.5 Å². The molecule has 1 saturated heterocycles. The Labute approximate surface area is 216 Å². The molecule has 0 bridgehead atoms. The van der Waals surface area contributed by atoms with Gasteiger partial charge in [0.25, 0.3) is 5.91 Å². The van der Waals surface area contributed by atoms with Crippen LogP contribution in [0.5, 0.6) is 5.75 Å². The lowest BCUT2D eigenvalue weighted by atomic mass is 9.94. The topological polar surface area (TPSA) is 41.9 Å². The lowest BCUT2D eigenvalue weighted by molar-refractivity contribution is -0.124. The maximum absolute atomic E-state index is 14.4. The monoisotopic (exact) mass is 502 g/mol. The lowest BCUT2D eigenvalue weighted by Crippen LogP contribution is -2.40. The average Bonchev–Trinajstić information content (AvgIpc) is 3.19. The van der Waals surface area contributed by atoms with Gasteiger partial charge in [-0.1, -0.05) is 75.6 Å². The van der Waals surface area contributed by atoms with Gasteiger partial charge in [-0.05, 0) is 65.7 Å². The van der Waals surface area contributed by atoms with Gasteiger partial charge in [0.15, 0.2) is 5.17 Å². The van der Waals surface area contributed by atoms with Crippen LogP contribution in [-0.2, 0) is 4.79 Å². The molecule has 1 saturated carbocycles. The van der Waals surface area contributed by atoms with Crippen LogP contribution in [0.2, 0.25) is 0 Å². The third-order valence-electron chi connectivity index (χ3n) is 6.62. The molecular weight excluding hydrogens is 471 g/mol. The Morgan fingerprint density at radius 1 is 1.03 bits per heavy atom. The summed E-state index contributed by atoms with van der Waals surface area (Å²) in [6, 6.07) is 18.7. The van der Waals surface area contributed by atoms with Crippen molar-refractivity contribution >= 4 is 45.4 Å². The second-order valence-electron chi connectivity index (χ2n) is 9.83.